The van der Waals surface area contributed by atoms with E-state index in [1.807, 2.05) is 0 Å². The SMILES string of the molecule is C.C=C1CCC2(CCCO2)C(=O)N1.C=C1CCC2(CN(CCOCCOCCOC)C2)C(=O)N1.C=C1CCC2(CNC2CCCCCCC)C(=O)N1.C=C1CCC2(CNCCO2)C(=O)N1.CCCC.CCCCCC(=O)N1CCOC2(CCC(=O)NC2=O)C1.CCCCCCCC. The lowest BCUT2D eigenvalue weighted by atomic mass is 9.66. The fourth-order valence-electron chi connectivity index (χ4n) is 13.1. The molecule has 7 N–H and O–H groups in total. The van der Waals surface area contributed by atoms with Crippen LogP contribution in [0.3, 0.4) is 0 Å². The molecule has 5 spiro atoms. The van der Waals surface area contributed by atoms with Gasteiger partial charge in [0.1, 0.15) is 5.60 Å². The minimum absolute atomic E-state index is 0. The van der Waals surface area contributed by atoms with Crippen molar-refractivity contribution in [1.82, 2.24) is 47.0 Å². The van der Waals surface area contributed by atoms with E-state index in [0.717, 1.165) is 152 Å². The first-order valence-corrected chi connectivity index (χ1v) is 37.0. The fraction of sp³-hybridized carbons (Fsp3) is 0.800. The minimum atomic E-state index is -1.02. The van der Waals surface area contributed by atoms with Gasteiger partial charge in [0.05, 0.1) is 63.6 Å². The molecule has 0 saturated carbocycles. The number of allylic oxidation sites excluding steroid dienone is 4. The first-order valence-electron chi connectivity index (χ1n) is 37.0. The fourth-order valence-corrected chi connectivity index (χ4v) is 13.1. The molecule has 10 saturated heterocycles. The van der Waals surface area contributed by atoms with Crippen LogP contribution in [0, 0.1) is 10.8 Å². The molecule has 0 bridgehead atoms. The van der Waals surface area contributed by atoms with Gasteiger partial charge in [-0.2, -0.15) is 0 Å². The van der Waals surface area contributed by atoms with E-state index in [0.29, 0.717) is 78.2 Å². The smallest absolute Gasteiger partial charge is 0.260 e. The maximum Gasteiger partial charge on any atom is 0.260 e. The van der Waals surface area contributed by atoms with E-state index in [-0.39, 0.29) is 66.7 Å². The standard InChI is InChI=1S/C15H26N2O4.C15H26N2O.C14H22N2O4.C9H14N2O2.C9H13NO2.C8H18.C4H10.CH4/c1-13-3-4-15(14(18)16-13)11-17(12-15)5-6-20-9-10-21-8-7-19-2;1-3-4-5-6-7-8-13-15(11-16-13)10-9-12(2)17-14(15)18;1-2-3-4-5-12(18)16-8-9-20-14(10-16)7-6-11(17)15-13(14)19;1-7-2-3-9(8(12)11-7)6-10-4-5-13-9;1-7-3-5-9(8(11)10-7)4-2-6-12-9;1-3-5-7-8-6-4-2;1-3-4-2;/h1,3-12H2,2H3,(H,16,18);13,16H,2-11H2,1H3,(H,17,18);2-10H2,1H3,(H,15,17,19);10H,1-6H2,(H,11,12);1-6H2,(H,10,11);3-8H2,1-2H3;3-4H2,1-2H3;1H4. The Labute approximate surface area is 584 Å². The van der Waals surface area contributed by atoms with Crippen molar-refractivity contribution in [1.29, 1.82) is 0 Å². The van der Waals surface area contributed by atoms with E-state index in [2.05, 4.69) is 110 Å². The number of morpholine rings is 2. The van der Waals surface area contributed by atoms with Crippen LogP contribution in [-0.4, -0.2) is 186 Å². The Morgan fingerprint density at radius 3 is 1.52 bits per heavy atom. The van der Waals surface area contributed by atoms with Gasteiger partial charge in [-0.05, 0) is 83.5 Å². The Kier molecular flexibility index (Phi) is 41.4. The zero-order chi connectivity index (χ0) is 70.3. The molecule has 0 radical (unpaired) electrons. The summed E-state index contributed by atoms with van der Waals surface area (Å²) >= 11 is 0. The lowest BCUT2D eigenvalue weighted by molar-refractivity contribution is -0.173. The van der Waals surface area contributed by atoms with Gasteiger partial charge in [0.25, 0.3) is 17.7 Å². The lowest BCUT2D eigenvalue weighted by Crippen LogP contribution is -2.69. The Bertz CT molecular complexity index is 2430. The van der Waals surface area contributed by atoms with Gasteiger partial charge in [0.2, 0.25) is 23.6 Å². The second-order valence-electron chi connectivity index (χ2n) is 27.6. The molecule has 7 amide bonds. The van der Waals surface area contributed by atoms with Crippen LogP contribution >= 0.6 is 0 Å². The first kappa shape index (κ1) is 86.3. The molecule has 0 aromatic carbocycles. The summed E-state index contributed by atoms with van der Waals surface area (Å²) in [5.41, 5.74) is 0.912. The number of likely N-dealkylation sites (tertiary alicyclic amines) is 1. The summed E-state index contributed by atoms with van der Waals surface area (Å²) in [5, 5.41) is 20.2. The van der Waals surface area contributed by atoms with E-state index >= 15 is 0 Å². The normalized spacial score (nSPS) is 26.1. The molecule has 10 fully saturated rings. The summed E-state index contributed by atoms with van der Waals surface area (Å²) in [4.78, 5) is 86.7. The van der Waals surface area contributed by atoms with E-state index in [9.17, 15) is 33.6 Å². The number of piperidine rings is 5. The van der Waals surface area contributed by atoms with E-state index in [1.165, 1.54) is 83.5 Å². The minimum Gasteiger partial charge on any atom is -0.382 e. The van der Waals surface area contributed by atoms with Gasteiger partial charge in [0.15, 0.2) is 11.2 Å². The van der Waals surface area contributed by atoms with Crippen molar-refractivity contribution < 1.29 is 62.0 Å². The zero-order valence-electron chi connectivity index (χ0n) is 60.6. The number of unbranched alkanes of at least 4 members (excludes halogenated alkanes) is 12. The van der Waals surface area contributed by atoms with Crippen molar-refractivity contribution in [3.05, 3.63) is 49.1 Å². The van der Waals surface area contributed by atoms with Gasteiger partial charge in [-0.25, -0.2) is 0 Å². The van der Waals surface area contributed by atoms with Crippen LogP contribution in [0.5, 0.6) is 0 Å². The number of methoxy groups -OCH3 is 1. The number of ether oxygens (including phenoxy) is 6. The van der Waals surface area contributed by atoms with Crippen LogP contribution in [-0.2, 0) is 62.0 Å². The van der Waals surface area contributed by atoms with Gasteiger partial charge in [-0.15, -0.1) is 0 Å². The summed E-state index contributed by atoms with van der Waals surface area (Å²) in [6.07, 6.45) is 31.7. The van der Waals surface area contributed by atoms with Crippen LogP contribution in [0.25, 0.3) is 0 Å². The first-order chi connectivity index (χ1) is 46.2. The number of nitrogens with zero attached hydrogens (tertiary/aromatic N) is 2. The molecule has 0 aliphatic carbocycles. The number of carbonyl (C=O) groups excluding carboxylic acids is 7. The topological polar surface area (TPSA) is 266 Å². The summed E-state index contributed by atoms with van der Waals surface area (Å²) < 4.78 is 32.4. The largest absolute Gasteiger partial charge is 0.382 e. The van der Waals surface area contributed by atoms with Gasteiger partial charge in [-0.3, -0.25) is 43.8 Å². The van der Waals surface area contributed by atoms with Crippen LogP contribution in [0.15, 0.2) is 49.1 Å². The van der Waals surface area contributed by atoms with Crippen LogP contribution in [0.1, 0.15) is 242 Å². The maximum atomic E-state index is 12.1. The van der Waals surface area contributed by atoms with Gasteiger partial charge < -0.3 is 65.2 Å². The highest BCUT2D eigenvalue weighted by Crippen LogP contribution is 2.42. The zero-order valence-corrected chi connectivity index (χ0v) is 60.6. The third kappa shape index (κ3) is 28.2. The molecular formula is C75H133N9O13. The number of hydrogen-bond acceptors (Lipinski definition) is 16. The quantitative estimate of drug-likeness (QED) is 0.0331. The average Bonchev–Trinajstić information content (AvgIpc) is 1.28. The highest BCUT2D eigenvalue weighted by atomic mass is 16.5. The molecule has 5 unspecified atom stereocenters. The van der Waals surface area contributed by atoms with E-state index in [4.69, 9.17) is 28.4 Å². The van der Waals surface area contributed by atoms with E-state index < -0.39 is 22.7 Å². The second-order valence-corrected chi connectivity index (χ2v) is 27.6. The molecule has 556 valence electrons. The number of nitrogens with one attached hydrogen (secondary N) is 7. The Morgan fingerprint density at radius 1 is 0.505 bits per heavy atom. The predicted octanol–water partition coefficient (Wildman–Crippen LogP) is 10.3. The molecule has 10 aliphatic rings. The maximum absolute atomic E-state index is 12.1. The summed E-state index contributed by atoms with van der Waals surface area (Å²) in [7, 11) is 1.65. The highest BCUT2D eigenvalue weighted by molar-refractivity contribution is 6.02. The molecule has 10 heterocycles. The molecule has 10 rings (SSSR count). The number of imide groups is 1. The van der Waals surface area contributed by atoms with Crippen molar-refractivity contribution in [2.75, 3.05) is 112 Å². The Hall–Kier alpha value is -4.91. The predicted molar refractivity (Wildman–Crippen MR) is 384 cm³/mol. The van der Waals surface area contributed by atoms with Crippen LogP contribution in [0.2, 0.25) is 0 Å². The monoisotopic (exact) mass is 1370 g/mol. The molecular weight excluding hydrogens is 1230 g/mol. The van der Waals surface area contributed by atoms with Gasteiger partial charge >= 0.3 is 0 Å². The van der Waals surface area contributed by atoms with Crippen LogP contribution < -0.4 is 37.2 Å². The highest BCUT2D eigenvalue weighted by Gasteiger charge is 2.54. The molecule has 22 nitrogen and oxygen atoms in total. The summed E-state index contributed by atoms with van der Waals surface area (Å²) in [6.45, 7) is 38.7. The molecule has 22 heteroatoms. The lowest BCUT2D eigenvalue weighted by Gasteiger charge is -2.51. The Morgan fingerprint density at radius 2 is 1.01 bits per heavy atom. The molecule has 0 aromatic rings. The van der Waals surface area contributed by atoms with Crippen molar-refractivity contribution in [3.8, 4) is 0 Å². The summed E-state index contributed by atoms with van der Waals surface area (Å²) in [5.74, 6) is -0.285. The van der Waals surface area contributed by atoms with Gasteiger partial charge in [0, 0.05) is 101 Å². The van der Waals surface area contributed by atoms with E-state index in [1.54, 1.807) is 12.0 Å². The third-order valence-electron chi connectivity index (χ3n) is 19.8. The van der Waals surface area contributed by atoms with Crippen molar-refractivity contribution in [3.63, 3.8) is 0 Å². The second kappa shape index (κ2) is 46.5. The molecule has 10 aliphatic heterocycles. The average molecular weight is 1370 g/mol. The third-order valence-corrected chi connectivity index (χ3v) is 19.8. The molecule has 5 atom stereocenters. The molecule has 0 aromatic heterocycles. The summed E-state index contributed by atoms with van der Waals surface area (Å²) in [6, 6.07) is 0.396. The Balaban J connectivity index is 0.000000305. The number of rotatable bonds is 25. The van der Waals surface area contributed by atoms with Crippen molar-refractivity contribution in [2.24, 2.45) is 10.8 Å². The number of hydrogen-bond donors (Lipinski definition) is 7. The molecule has 97 heavy (non-hydrogen) atoms. The van der Waals surface area contributed by atoms with Crippen LogP contribution in [0.4, 0.5) is 0 Å². The van der Waals surface area contributed by atoms with Crippen molar-refractivity contribution in [2.45, 2.75) is 264 Å². The number of carbonyl (C=O) groups is 7. The number of amides is 7. The van der Waals surface area contributed by atoms with Crippen molar-refractivity contribution >= 4 is 41.4 Å². The van der Waals surface area contributed by atoms with Gasteiger partial charge in [-0.1, -0.05) is 172 Å².